The predicted molar refractivity (Wildman–Crippen MR) is 89.4 cm³/mol. The van der Waals surface area contributed by atoms with Gasteiger partial charge in [0.1, 0.15) is 11.6 Å². The van der Waals surface area contributed by atoms with Crippen molar-refractivity contribution in [3.8, 4) is 11.5 Å². The quantitative estimate of drug-likeness (QED) is 0.410. The van der Waals surface area contributed by atoms with E-state index in [1.165, 1.54) is 25.1 Å². The Hall–Kier alpha value is -2.48. The molecule has 1 rings (SSSR count). The Labute approximate surface area is 146 Å². The maximum Gasteiger partial charge on any atom is 0.508 e. The minimum absolute atomic E-state index is 0.130. The first-order valence-electron chi connectivity index (χ1n) is 7.98. The SMILES string of the molecule is CCCOC(=O)O[C@@H](C)[C@@H](C)[C@](N)(Cc1ccc(O)c(O)c1)C(=O)O. The van der Waals surface area contributed by atoms with Crippen LogP contribution in [0.2, 0.25) is 0 Å². The summed E-state index contributed by atoms with van der Waals surface area (Å²) in [5, 5.41) is 28.5. The number of aromatic hydroxyl groups is 2. The first kappa shape index (κ1) is 20.6. The molecule has 0 aliphatic rings. The summed E-state index contributed by atoms with van der Waals surface area (Å²) in [6.45, 7) is 5.14. The summed E-state index contributed by atoms with van der Waals surface area (Å²) in [6.07, 6.45) is -1.18. The highest BCUT2D eigenvalue weighted by Crippen LogP contribution is 2.30. The Kier molecular flexibility index (Phi) is 7.05. The topological polar surface area (TPSA) is 139 Å². The van der Waals surface area contributed by atoms with E-state index in [9.17, 15) is 24.9 Å². The van der Waals surface area contributed by atoms with Gasteiger partial charge in [-0.1, -0.05) is 19.9 Å². The summed E-state index contributed by atoms with van der Waals surface area (Å²) in [7, 11) is 0. The van der Waals surface area contributed by atoms with Crippen molar-refractivity contribution in [2.45, 2.75) is 45.3 Å². The lowest BCUT2D eigenvalue weighted by Gasteiger charge is -2.34. The molecule has 8 heteroatoms. The van der Waals surface area contributed by atoms with Gasteiger partial charge in [-0.25, -0.2) is 4.79 Å². The molecule has 1 aromatic rings. The van der Waals surface area contributed by atoms with Crippen molar-refractivity contribution in [1.29, 1.82) is 0 Å². The number of rotatable bonds is 8. The molecule has 0 saturated heterocycles. The van der Waals surface area contributed by atoms with Crippen LogP contribution in [0.5, 0.6) is 11.5 Å². The minimum Gasteiger partial charge on any atom is -0.504 e. The standard InChI is InChI=1S/C17H25NO7/c1-4-7-24-16(23)25-11(3)10(2)17(18,15(21)22)9-12-5-6-13(19)14(20)8-12/h5-6,8,10-11,19-20H,4,7,9,18H2,1-3H3,(H,21,22)/t10-,11+,17-/m1/s1. The van der Waals surface area contributed by atoms with Crippen LogP contribution in [0.15, 0.2) is 18.2 Å². The zero-order chi connectivity index (χ0) is 19.2. The number of carboxylic acid groups (broad SMARTS) is 1. The van der Waals surface area contributed by atoms with Crippen molar-refractivity contribution in [1.82, 2.24) is 0 Å². The third-order valence-electron chi connectivity index (χ3n) is 4.16. The van der Waals surface area contributed by atoms with Crippen LogP contribution in [0.1, 0.15) is 32.8 Å². The Morgan fingerprint density at radius 3 is 2.40 bits per heavy atom. The van der Waals surface area contributed by atoms with Gasteiger partial charge in [0.15, 0.2) is 11.5 Å². The molecule has 8 nitrogen and oxygen atoms in total. The number of nitrogens with two attached hydrogens (primary N) is 1. The molecule has 0 aliphatic heterocycles. The first-order chi connectivity index (χ1) is 11.6. The van der Waals surface area contributed by atoms with Crippen molar-refractivity contribution >= 4 is 12.1 Å². The van der Waals surface area contributed by atoms with E-state index in [4.69, 9.17) is 15.2 Å². The second-order valence-corrected chi connectivity index (χ2v) is 6.06. The van der Waals surface area contributed by atoms with E-state index in [1.807, 2.05) is 6.92 Å². The minimum atomic E-state index is -1.76. The number of phenolic OH excluding ortho intramolecular Hbond substituents is 2. The highest BCUT2D eigenvalue weighted by atomic mass is 16.7. The molecule has 0 unspecified atom stereocenters. The molecule has 0 aromatic heterocycles. The lowest BCUT2D eigenvalue weighted by molar-refractivity contribution is -0.147. The average molecular weight is 355 g/mol. The van der Waals surface area contributed by atoms with E-state index in [2.05, 4.69) is 0 Å². The summed E-state index contributed by atoms with van der Waals surface area (Å²) in [4.78, 5) is 23.3. The Bertz CT molecular complexity index is 619. The molecule has 25 heavy (non-hydrogen) atoms. The van der Waals surface area contributed by atoms with Crippen molar-refractivity contribution in [3.63, 3.8) is 0 Å². The fourth-order valence-corrected chi connectivity index (χ4v) is 2.34. The maximum absolute atomic E-state index is 11.8. The lowest BCUT2D eigenvalue weighted by atomic mass is 9.78. The van der Waals surface area contributed by atoms with Crippen molar-refractivity contribution in [3.05, 3.63) is 23.8 Å². The summed E-state index contributed by atoms with van der Waals surface area (Å²) >= 11 is 0. The molecule has 0 amide bonds. The van der Waals surface area contributed by atoms with E-state index < -0.39 is 29.7 Å². The number of carboxylic acids is 1. The predicted octanol–water partition coefficient (Wildman–Crippen LogP) is 2.01. The van der Waals surface area contributed by atoms with Gasteiger partial charge in [0.2, 0.25) is 0 Å². The molecule has 0 spiro atoms. The van der Waals surface area contributed by atoms with E-state index in [0.29, 0.717) is 12.0 Å². The zero-order valence-electron chi connectivity index (χ0n) is 14.6. The number of phenols is 2. The Morgan fingerprint density at radius 2 is 1.88 bits per heavy atom. The van der Waals surface area contributed by atoms with E-state index in [0.717, 1.165) is 0 Å². The van der Waals surface area contributed by atoms with Gasteiger partial charge in [-0.05, 0) is 31.0 Å². The fourth-order valence-electron chi connectivity index (χ4n) is 2.34. The summed E-state index contributed by atoms with van der Waals surface area (Å²) < 4.78 is 9.92. The van der Waals surface area contributed by atoms with Gasteiger partial charge in [0.05, 0.1) is 6.61 Å². The number of carbonyl (C=O) groups is 2. The molecule has 3 atom stereocenters. The van der Waals surface area contributed by atoms with E-state index >= 15 is 0 Å². The van der Waals surface area contributed by atoms with Crippen LogP contribution in [0.4, 0.5) is 4.79 Å². The molecule has 0 heterocycles. The average Bonchev–Trinajstić information content (AvgIpc) is 2.55. The second-order valence-electron chi connectivity index (χ2n) is 6.06. The third kappa shape index (κ3) is 5.25. The fraction of sp³-hybridized carbons (Fsp3) is 0.529. The van der Waals surface area contributed by atoms with Crippen LogP contribution < -0.4 is 5.73 Å². The monoisotopic (exact) mass is 355 g/mol. The van der Waals surface area contributed by atoms with Gasteiger partial charge in [0, 0.05) is 12.3 Å². The molecule has 0 bridgehead atoms. The normalized spacial score (nSPS) is 15.7. The zero-order valence-corrected chi connectivity index (χ0v) is 14.6. The number of carbonyl (C=O) groups excluding carboxylic acids is 1. The van der Waals surface area contributed by atoms with E-state index in [-0.39, 0.29) is 24.5 Å². The molecule has 0 aliphatic carbocycles. The molecule has 5 N–H and O–H groups in total. The largest absolute Gasteiger partial charge is 0.508 e. The number of aliphatic carboxylic acids is 1. The second kappa shape index (κ2) is 8.57. The van der Waals surface area contributed by atoms with Crippen molar-refractivity contribution in [2.75, 3.05) is 6.61 Å². The highest BCUT2D eigenvalue weighted by molar-refractivity contribution is 5.79. The molecule has 1 aromatic carbocycles. The van der Waals surface area contributed by atoms with Gasteiger partial charge in [-0.2, -0.15) is 0 Å². The first-order valence-corrected chi connectivity index (χ1v) is 7.98. The smallest absolute Gasteiger partial charge is 0.504 e. The molecular formula is C17H25NO7. The van der Waals surface area contributed by atoms with Gasteiger partial charge < -0.3 is 30.5 Å². The van der Waals surface area contributed by atoms with Gasteiger partial charge in [-0.3, -0.25) is 4.79 Å². The third-order valence-corrected chi connectivity index (χ3v) is 4.16. The molecule has 140 valence electrons. The van der Waals surface area contributed by atoms with Crippen molar-refractivity contribution in [2.24, 2.45) is 11.7 Å². The highest BCUT2D eigenvalue weighted by Gasteiger charge is 2.44. The van der Waals surface area contributed by atoms with Crippen molar-refractivity contribution < 1.29 is 34.4 Å². The molecule has 0 radical (unpaired) electrons. The van der Waals surface area contributed by atoms with Gasteiger partial charge in [0.25, 0.3) is 0 Å². The van der Waals surface area contributed by atoms with Crippen LogP contribution in [-0.4, -0.2) is 45.7 Å². The van der Waals surface area contributed by atoms with Gasteiger partial charge in [-0.15, -0.1) is 0 Å². The van der Waals surface area contributed by atoms with Crippen LogP contribution >= 0.6 is 0 Å². The Morgan fingerprint density at radius 1 is 1.24 bits per heavy atom. The molecular weight excluding hydrogens is 330 g/mol. The number of hydrogen-bond acceptors (Lipinski definition) is 7. The summed E-state index contributed by atoms with van der Waals surface area (Å²) in [5.74, 6) is -2.71. The maximum atomic E-state index is 11.8. The molecule has 0 saturated carbocycles. The number of ether oxygens (including phenoxy) is 2. The summed E-state index contributed by atoms with van der Waals surface area (Å²) in [6, 6.07) is 3.96. The van der Waals surface area contributed by atoms with Crippen LogP contribution in [-0.2, 0) is 20.7 Å². The van der Waals surface area contributed by atoms with Crippen LogP contribution in [0.25, 0.3) is 0 Å². The summed E-state index contributed by atoms with van der Waals surface area (Å²) in [5.41, 5.74) is 4.77. The number of hydrogen-bond donors (Lipinski definition) is 4. The van der Waals surface area contributed by atoms with Gasteiger partial charge >= 0.3 is 12.1 Å². The Balaban J connectivity index is 2.93. The number of benzene rings is 1. The van der Waals surface area contributed by atoms with Crippen LogP contribution in [0.3, 0.4) is 0 Å². The molecule has 0 fully saturated rings. The van der Waals surface area contributed by atoms with E-state index in [1.54, 1.807) is 6.92 Å². The lowest BCUT2D eigenvalue weighted by Crippen LogP contribution is -2.58. The van der Waals surface area contributed by atoms with Crippen LogP contribution in [0, 0.1) is 5.92 Å².